The highest BCUT2D eigenvalue weighted by atomic mass is 16.5. The summed E-state index contributed by atoms with van der Waals surface area (Å²) in [5, 5.41) is 7.57. The minimum atomic E-state index is 0.512. The third kappa shape index (κ3) is 2.44. The molecule has 1 heterocycles. The van der Waals surface area contributed by atoms with E-state index in [4.69, 9.17) is 4.52 Å². The fourth-order valence-electron chi connectivity index (χ4n) is 3.55. The van der Waals surface area contributed by atoms with Gasteiger partial charge in [0.1, 0.15) is 0 Å². The van der Waals surface area contributed by atoms with Crippen LogP contribution < -0.4 is 5.32 Å². The molecule has 1 aromatic rings. The zero-order valence-corrected chi connectivity index (χ0v) is 11.4. The number of hydrogen-bond acceptors (Lipinski definition) is 4. The van der Waals surface area contributed by atoms with E-state index in [9.17, 15) is 0 Å². The van der Waals surface area contributed by atoms with Crippen molar-refractivity contribution < 1.29 is 4.52 Å². The number of aromatic nitrogens is 2. The van der Waals surface area contributed by atoms with Crippen molar-refractivity contribution in [2.24, 2.45) is 11.8 Å². The first-order valence-electron chi connectivity index (χ1n) is 7.28. The maximum absolute atomic E-state index is 5.37. The topological polar surface area (TPSA) is 51.0 Å². The second-order valence-electron chi connectivity index (χ2n) is 6.19. The molecule has 0 spiro atoms. The van der Waals surface area contributed by atoms with Crippen molar-refractivity contribution in [1.82, 2.24) is 15.5 Å². The van der Waals surface area contributed by atoms with Gasteiger partial charge < -0.3 is 9.84 Å². The van der Waals surface area contributed by atoms with Gasteiger partial charge in [-0.15, -0.1) is 0 Å². The zero-order valence-electron chi connectivity index (χ0n) is 11.4. The van der Waals surface area contributed by atoms with Crippen LogP contribution in [0.4, 0.5) is 0 Å². The number of nitrogens with one attached hydrogen (secondary N) is 1. The molecule has 2 fully saturated rings. The molecule has 2 aliphatic rings. The van der Waals surface area contributed by atoms with Crippen molar-refractivity contribution in [3.05, 3.63) is 11.7 Å². The molecule has 18 heavy (non-hydrogen) atoms. The molecule has 0 aliphatic heterocycles. The van der Waals surface area contributed by atoms with Gasteiger partial charge in [-0.2, -0.15) is 4.98 Å². The fourth-order valence-corrected chi connectivity index (χ4v) is 3.55. The van der Waals surface area contributed by atoms with Crippen LogP contribution >= 0.6 is 0 Å². The van der Waals surface area contributed by atoms with Crippen LogP contribution in [0.2, 0.25) is 0 Å². The average molecular weight is 249 g/mol. The Hall–Kier alpha value is -0.900. The van der Waals surface area contributed by atoms with E-state index in [-0.39, 0.29) is 0 Å². The first-order valence-corrected chi connectivity index (χ1v) is 7.28. The van der Waals surface area contributed by atoms with E-state index in [0.29, 0.717) is 12.0 Å². The van der Waals surface area contributed by atoms with Crippen molar-refractivity contribution in [2.45, 2.75) is 57.9 Å². The van der Waals surface area contributed by atoms with E-state index in [1.807, 2.05) is 0 Å². The first kappa shape index (κ1) is 12.2. The summed E-state index contributed by atoms with van der Waals surface area (Å²) in [4.78, 5) is 4.59. The summed E-state index contributed by atoms with van der Waals surface area (Å²) in [6.07, 6.45) is 6.31. The quantitative estimate of drug-likeness (QED) is 0.871. The van der Waals surface area contributed by atoms with E-state index < -0.39 is 0 Å². The molecule has 3 unspecified atom stereocenters. The van der Waals surface area contributed by atoms with Crippen molar-refractivity contribution in [3.63, 3.8) is 0 Å². The molecule has 2 bridgehead atoms. The molecule has 0 amide bonds. The van der Waals surface area contributed by atoms with E-state index in [1.54, 1.807) is 0 Å². The Labute approximate surface area is 109 Å². The first-order chi connectivity index (χ1) is 8.72. The molecular weight excluding hydrogens is 226 g/mol. The van der Waals surface area contributed by atoms with Crippen molar-refractivity contribution in [3.8, 4) is 0 Å². The minimum absolute atomic E-state index is 0.512. The van der Waals surface area contributed by atoms with Crippen molar-refractivity contribution in [1.29, 1.82) is 0 Å². The van der Waals surface area contributed by atoms with Gasteiger partial charge in [-0.25, -0.2) is 0 Å². The van der Waals surface area contributed by atoms with Crippen LogP contribution in [0.1, 0.15) is 57.2 Å². The Bertz CT molecular complexity index is 401. The third-order valence-corrected chi connectivity index (χ3v) is 4.44. The van der Waals surface area contributed by atoms with Crippen LogP contribution in [0.15, 0.2) is 4.52 Å². The van der Waals surface area contributed by atoms with Gasteiger partial charge in [0.15, 0.2) is 5.82 Å². The largest absolute Gasteiger partial charge is 0.339 e. The molecular formula is C14H23N3O. The molecule has 3 rings (SSSR count). The second-order valence-corrected chi connectivity index (χ2v) is 6.19. The van der Waals surface area contributed by atoms with Crippen LogP contribution in [-0.2, 0) is 6.42 Å². The molecule has 100 valence electrons. The summed E-state index contributed by atoms with van der Waals surface area (Å²) in [6, 6.07) is 0.512. The van der Waals surface area contributed by atoms with Gasteiger partial charge in [-0.3, -0.25) is 0 Å². The lowest BCUT2D eigenvalue weighted by atomic mass is 9.88. The molecule has 0 radical (unpaired) electrons. The van der Waals surface area contributed by atoms with E-state index in [1.165, 1.54) is 25.7 Å². The predicted octanol–water partition coefficient (Wildman–Crippen LogP) is 2.51. The van der Waals surface area contributed by atoms with Crippen LogP contribution in [0.25, 0.3) is 0 Å². The SMILES string of the molecule is CC(C)NCCc1nc(C2CC3CCC2C3)no1. The number of fused-ring (bicyclic) bond motifs is 2. The maximum Gasteiger partial charge on any atom is 0.227 e. The lowest BCUT2D eigenvalue weighted by Gasteiger charge is -2.17. The standard InChI is InChI=1S/C14H23N3O/c1-9(2)15-6-5-13-16-14(17-18-13)12-8-10-3-4-11(12)7-10/h9-12,15H,3-8H2,1-2H3. The fraction of sp³-hybridized carbons (Fsp3) is 0.857. The lowest BCUT2D eigenvalue weighted by Crippen LogP contribution is -2.25. The highest BCUT2D eigenvalue weighted by Gasteiger charge is 2.42. The molecule has 0 saturated heterocycles. The smallest absolute Gasteiger partial charge is 0.227 e. The summed E-state index contributed by atoms with van der Waals surface area (Å²) >= 11 is 0. The molecule has 1 N–H and O–H groups in total. The Morgan fingerprint density at radius 2 is 2.22 bits per heavy atom. The molecule has 1 aromatic heterocycles. The molecule has 3 atom stereocenters. The average Bonchev–Trinajstić information content (AvgIpc) is 3.03. The number of rotatable bonds is 5. The number of hydrogen-bond donors (Lipinski definition) is 1. The second kappa shape index (κ2) is 5.00. The summed E-state index contributed by atoms with van der Waals surface area (Å²) in [5.41, 5.74) is 0. The van der Waals surface area contributed by atoms with Crippen molar-refractivity contribution in [2.75, 3.05) is 6.54 Å². The van der Waals surface area contributed by atoms with Gasteiger partial charge in [0.05, 0.1) is 0 Å². The molecule has 2 aliphatic carbocycles. The summed E-state index contributed by atoms with van der Waals surface area (Å²) < 4.78 is 5.37. The lowest BCUT2D eigenvalue weighted by molar-refractivity contribution is 0.349. The van der Waals surface area contributed by atoms with Gasteiger partial charge in [0.2, 0.25) is 5.89 Å². The Morgan fingerprint density at radius 1 is 1.33 bits per heavy atom. The Balaban J connectivity index is 1.56. The van der Waals surface area contributed by atoms with Gasteiger partial charge in [0, 0.05) is 24.9 Å². The molecule has 4 heteroatoms. The summed E-state index contributed by atoms with van der Waals surface area (Å²) in [5.74, 6) is 4.11. The Morgan fingerprint density at radius 3 is 2.89 bits per heavy atom. The Kier molecular flexibility index (Phi) is 3.37. The monoisotopic (exact) mass is 249 g/mol. The van der Waals surface area contributed by atoms with Crippen LogP contribution in [0, 0.1) is 11.8 Å². The molecule has 4 nitrogen and oxygen atoms in total. The predicted molar refractivity (Wildman–Crippen MR) is 69.3 cm³/mol. The van der Waals surface area contributed by atoms with Gasteiger partial charge in [0.25, 0.3) is 0 Å². The zero-order chi connectivity index (χ0) is 12.5. The number of nitrogens with zero attached hydrogens (tertiary/aromatic N) is 2. The summed E-state index contributed by atoms with van der Waals surface area (Å²) in [7, 11) is 0. The minimum Gasteiger partial charge on any atom is -0.339 e. The van der Waals surface area contributed by atoms with Crippen LogP contribution in [-0.4, -0.2) is 22.7 Å². The van der Waals surface area contributed by atoms with E-state index in [0.717, 1.165) is 36.5 Å². The van der Waals surface area contributed by atoms with Gasteiger partial charge >= 0.3 is 0 Å². The van der Waals surface area contributed by atoms with E-state index in [2.05, 4.69) is 29.3 Å². The highest BCUT2D eigenvalue weighted by Crippen LogP contribution is 2.52. The van der Waals surface area contributed by atoms with Gasteiger partial charge in [-0.1, -0.05) is 25.4 Å². The summed E-state index contributed by atoms with van der Waals surface area (Å²) in [6.45, 7) is 5.21. The molecule has 0 aromatic carbocycles. The molecule has 2 saturated carbocycles. The van der Waals surface area contributed by atoms with Crippen molar-refractivity contribution >= 4 is 0 Å². The maximum atomic E-state index is 5.37. The van der Waals surface area contributed by atoms with Crippen LogP contribution in [0.3, 0.4) is 0 Å². The van der Waals surface area contributed by atoms with E-state index >= 15 is 0 Å². The normalized spacial score (nSPS) is 30.5. The highest BCUT2D eigenvalue weighted by molar-refractivity contribution is 5.06. The van der Waals surface area contributed by atoms with Gasteiger partial charge in [-0.05, 0) is 31.1 Å². The van der Waals surface area contributed by atoms with Crippen LogP contribution in [0.5, 0.6) is 0 Å². The third-order valence-electron chi connectivity index (χ3n) is 4.44.